The van der Waals surface area contributed by atoms with Crippen LogP contribution in [0.25, 0.3) is 33.5 Å². The van der Waals surface area contributed by atoms with Crippen LogP contribution < -0.4 is 25.1 Å². The summed E-state index contributed by atoms with van der Waals surface area (Å²) in [5, 5.41) is 8.94. The third-order valence-electron chi connectivity index (χ3n) is 6.73. The molecule has 1 N–H and O–H groups in total. The van der Waals surface area contributed by atoms with E-state index in [1.807, 2.05) is 12.1 Å². The monoisotopic (exact) mass is 608 g/mol. The van der Waals surface area contributed by atoms with Gasteiger partial charge < -0.3 is 23.9 Å². The van der Waals surface area contributed by atoms with Gasteiger partial charge in [-0.2, -0.15) is 9.78 Å². The molecule has 0 unspecified atom stereocenters. The second kappa shape index (κ2) is 12.3. The molecule has 2 aromatic heterocycles. The first kappa shape index (κ1) is 28.5. The Labute approximate surface area is 256 Å². The number of hydrogen-bond donors (Lipinski definition) is 1. The van der Waals surface area contributed by atoms with E-state index in [4.69, 9.17) is 35.2 Å². The third kappa shape index (κ3) is 5.70. The lowest BCUT2D eigenvalue weighted by molar-refractivity contribution is -0.118. The number of nitrogens with zero attached hydrogens (tertiary/aromatic N) is 3. The van der Waals surface area contributed by atoms with Crippen LogP contribution >= 0.6 is 11.6 Å². The molecule has 10 nitrogen and oxygen atoms in total. The fraction of sp³-hybridized carbons (Fsp3) is 0.0909. The van der Waals surface area contributed by atoms with Gasteiger partial charge in [-0.15, -0.1) is 0 Å². The molecule has 0 aliphatic heterocycles. The van der Waals surface area contributed by atoms with Gasteiger partial charge in [-0.1, -0.05) is 35.9 Å². The largest absolute Gasteiger partial charge is 0.496 e. The zero-order valence-corrected chi connectivity index (χ0v) is 24.4. The van der Waals surface area contributed by atoms with Crippen molar-refractivity contribution >= 4 is 51.3 Å². The molecule has 220 valence electrons. The van der Waals surface area contributed by atoms with E-state index in [0.29, 0.717) is 50.0 Å². The van der Waals surface area contributed by atoms with E-state index in [9.17, 15) is 9.59 Å². The Bertz CT molecular complexity index is 2090. The van der Waals surface area contributed by atoms with E-state index < -0.39 is 11.5 Å². The summed E-state index contributed by atoms with van der Waals surface area (Å²) in [6.07, 6.45) is 1.44. The van der Waals surface area contributed by atoms with Crippen LogP contribution in [0.5, 0.6) is 17.2 Å². The highest BCUT2D eigenvalue weighted by molar-refractivity contribution is 6.30. The second-order valence-electron chi connectivity index (χ2n) is 9.52. The first-order chi connectivity index (χ1) is 21.4. The predicted molar refractivity (Wildman–Crippen MR) is 169 cm³/mol. The average Bonchev–Trinajstić information content (AvgIpc) is 3.49. The van der Waals surface area contributed by atoms with Crippen LogP contribution in [0.3, 0.4) is 0 Å². The van der Waals surface area contributed by atoms with Crippen LogP contribution in [0, 0.1) is 0 Å². The van der Waals surface area contributed by atoms with Crippen molar-refractivity contribution in [1.82, 2.24) is 9.66 Å². The molecule has 0 radical (unpaired) electrons. The standard InChI is InChI=1S/C33H25ClN4O6/c1-41-26-10-6-11-27-24(26)17-29(44-27)32-37-25-9-4-3-8-23(25)33(40)38(32)35-18-20-7-5-12-28(42-2)31(20)43-19-30(39)36-22-15-13-21(34)14-16-22/h3-18H,19H2,1-2H3,(H,36,39). The number of hydrogen-bond acceptors (Lipinski definition) is 8. The molecule has 0 atom stereocenters. The van der Waals surface area contributed by atoms with Gasteiger partial charge in [-0.05, 0) is 66.7 Å². The van der Waals surface area contributed by atoms with Gasteiger partial charge in [0.2, 0.25) is 5.82 Å². The maximum Gasteiger partial charge on any atom is 0.282 e. The van der Waals surface area contributed by atoms with Crippen LogP contribution in [0.1, 0.15) is 5.56 Å². The maximum atomic E-state index is 13.7. The molecule has 0 saturated heterocycles. The number of para-hydroxylation sites is 2. The predicted octanol–water partition coefficient (Wildman–Crippen LogP) is 6.38. The summed E-state index contributed by atoms with van der Waals surface area (Å²) in [5.74, 6) is 1.39. The molecule has 0 aliphatic rings. The van der Waals surface area contributed by atoms with E-state index in [0.717, 1.165) is 5.39 Å². The number of carbonyl (C=O) groups excluding carboxylic acids is 1. The molecule has 4 aromatic carbocycles. The van der Waals surface area contributed by atoms with Gasteiger partial charge in [0.05, 0.1) is 36.7 Å². The molecule has 44 heavy (non-hydrogen) atoms. The molecule has 6 rings (SSSR count). The summed E-state index contributed by atoms with van der Waals surface area (Å²) in [6.45, 7) is -0.312. The summed E-state index contributed by atoms with van der Waals surface area (Å²) < 4.78 is 24.1. The van der Waals surface area contributed by atoms with E-state index in [1.54, 1.807) is 86.0 Å². The van der Waals surface area contributed by atoms with Crippen molar-refractivity contribution in [3.05, 3.63) is 112 Å². The lowest BCUT2D eigenvalue weighted by Crippen LogP contribution is -2.21. The SMILES string of the molecule is COc1cccc(C=Nn2c(-c3cc4c(OC)cccc4o3)nc3ccccc3c2=O)c1OCC(=O)Nc1ccc(Cl)cc1. The fourth-order valence-corrected chi connectivity index (χ4v) is 4.78. The number of fused-ring (bicyclic) bond motifs is 2. The van der Waals surface area contributed by atoms with Gasteiger partial charge in [0.15, 0.2) is 23.9 Å². The molecule has 0 aliphatic carbocycles. The summed E-state index contributed by atoms with van der Waals surface area (Å²) in [7, 11) is 3.06. The van der Waals surface area contributed by atoms with Gasteiger partial charge in [0.1, 0.15) is 11.3 Å². The van der Waals surface area contributed by atoms with Crippen LogP contribution in [0.15, 0.2) is 105 Å². The molecular formula is C33H25ClN4O6. The number of nitrogens with one attached hydrogen (secondary N) is 1. The number of furan rings is 1. The second-order valence-corrected chi connectivity index (χ2v) is 9.96. The van der Waals surface area contributed by atoms with Crippen molar-refractivity contribution in [1.29, 1.82) is 0 Å². The summed E-state index contributed by atoms with van der Waals surface area (Å²) in [5.41, 5.74) is 1.69. The highest BCUT2D eigenvalue weighted by Crippen LogP contribution is 2.33. The fourth-order valence-electron chi connectivity index (χ4n) is 4.65. The van der Waals surface area contributed by atoms with Gasteiger partial charge in [-0.3, -0.25) is 9.59 Å². The van der Waals surface area contributed by atoms with Crippen molar-refractivity contribution < 1.29 is 23.4 Å². The molecule has 0 spiro atoms. The Balaban J connectivity index is 1.38. The number of benzene rings is 4. The zero-order valence-electron chi connectivity index (χ0n) is 23.6. The van der Waals surface area contributed by atoms with E-state index in [-0.39, 0.29) is 18.2 Å². The number of methoxy groups -OCH3 is 2. The lowest BCUT2D eigenvalue weighted by atomic mass is 10.2. The normalized spacial score (nSPS) is 11.2. The van der Waals surface area contributed by atoms with Crippen molar-refractivity contribution in [2.45, 2.75) is 0 Å². The minimum absolute atomic E-state index is 0.191. The van der Waals surface area contributed by atoms with E-state index in [1.165, 1.54) is 18.0 Å². The van der Waals surface area contributed by atoms with Crippen LogP contribution in [-0.4, -0.2) is 42.6 Å². The highest BCUT2D eigenvalue weighted by Gasteiger charge is 2.19. The van der Waals surface area contributed by atoms with Crippen molar-refractivity contribution in [2.24, 2.45) is 5.10 Å². The molecule has 11 heteroatoms. The molecule has 2 heterocycles. The number of halogens is 1. The Morgan fingerprint density at radius 2 is 1.70 bits per heavy atom. The zero-order chi connectivity index (χ0) is 30.6. The first-order valence-electron chi connectivity index (χ1n) is 13.4. The minimum Gasteiger partial charge on any atom is -0.496 e. The van der Waals surface area contributed by atoms with Crippen LogP contribution in [0.4, 0.5) is 5.69 Å². The van der Waals surface area contributed by atoms with Crippen molar-refractivity contribution in [2.75, 3.05) is 26.1 Å². The number of rotatable bonds is 9. The maximum absolute atomic E-state index is 13.7. The molecule has 6 aromatic rings. The quantitative estimate of drug-likeness (QED) is 0.189. The summed E-state index contributed by atoms with van der Waals surface area (Å²) >= 11 is 5.93. The van der Waals surface area contributed by atoms with Crippen LogP contribution in [0.2, 0.25) is 5.02 Å². The molecular weight excluding hydrogens is 584 g/mol. The molecule has 0 bridgehead atoms. The Morgan fingerprint density at radius 3 is 2.50 bits per heavy atom. The number of aromatic nitrogens is 2. The third-order valence-corrected chi connectivity index (χ3v) is 6.98. The van der Waals surface area contributed by atoms with Crippen molar-refractivity contribution in [3.8, 4) is 28.8 Å². The summed E-state index contributed by atoms with van der Waals surface area (Å²) in [6, 6.07) is 26.1. The van der Waals surface area contributed by atoms with Crippen molar-refractivity contribution in [3.63, 3.8) is 0 Å². The molecule has 0 fully saturated rings. The number of anilines is 1. The average molecular weight is 609 g/mol. The number of amides is 1. The van der Waals surface area contributed by atoms with Gasteiger partial charge >= 0.3 is 0 Å². The molecule has 1 amide bonds. The summed E-state index contributed by atoms with van der Waals surface area (Å²) in [4.78, 5) is 31.1. The Morgan fingerprint density at radius 1 is 0.955 bits per heavy atom. The smallest absolute Gasteiger partial charge is 0.282 e. The minimum atomic E-state index is -0.401. The number of ether oxygens (including phenoxy) is 3. The van der Waals surface area contributed by atoms with E-state index >= 15 is 0 Å². The van der Waals surface area contributed by atoms with Crippen LogP contribution in [-0.2, 0) is 4.79 Å². The lowest BCUT2D eigenvalue weighted by Gasteiger charge is -2.13. The topological polar surface area (TPSA) is 117 Å². The van der Waals surface area contributed by atoms with Gasteiger partial charge in [0.25, 0.3) is 11.5 Å². The highest BCUT2D eigenvalue weighted by atomic mass is 35.5. The number of carbonyl (C=O) groups is 1. The Kier molecular flexibility index (Phi) is 7.98. The van der Waals surface area contributed by atoms with E-state index in [2.05, 4.69) is 10.4 Å². The first-order valence-corrected chi connectivity index (χ1v) is 13.8. The van der Waals surface area contributed by atoms with Gasteiger partial charge in [-0.25, -0.2) is 4.98 Å². The Hall–Kier alpha value is -5.61. The van der Waals surface area contributed by atoms with Gasteiger partial charge in [0, 0.05) is 16.3 Å². The molecule has 0 saturated carbocycles.